The fourth-order valence-electron chi connectivity index (χ4n) is 0.696. The molecule has 0 aliphatic rings. The van der Waals surface area contributed by atoms with Gasteiger partial charge in [-0.2, -0.15) is 0 Å². The second kappa shape index (κ2) is 8.30. The minimum Gasteiger partial charge on any atom is -0.423 e. The Morgan fingerprint density at radius 2 is 0.833 bits per heavy atom. The van der Waals surface area contributed by atoms with Gasteiger partial charge in [0.05, 0.1) is 24.4 Å². The predicted molar refractivity (Wildman–Crippen MR) is 82.2 cm³/mol. The van der Waals surface area contributed by atoms with Crippen LogP contribution in [0, 0.1) is 0 Å². The zero-order valence-corrected chi connectivity index (χ0v) is 16.1. The largest absolute Gasteiger partial charge is 0.423 e. The molecular formula is C14H34O3Si. The molecule has 0 aliphatic carbocycles. The van der Waals surface area contributed by atoms with E-state index in [4.69, 9.17) is 13.9 Å². The molecule has 0 bridgehead atoms. The van der Waals surface area contributed by atoms with E-state index in [1.165, 1.54) is 0 Å². The summed E-state index contributed by atoms with van der Waals surface area (Å²) in [6.45, 7) is 19.8. The van der Waals surface area contributed by atoms with Gasteiger partial charge < -0.3 is 13.9 Å². The van der Waals surface area contributed by atoms with E-state index in [1.807, 2.05) is 41.5 Å². The molecule has 0 amide bonds. The summed E-state index contributed by atoms with van der Waals surface area (Å²) in [4.78, 5) is 0. The molecular weight excluding hydrogens is 244 g/mol. The smallest absolute Gasteiger partial charge is 0.146 e. The van der Waals surface area contributed by atoms with Gasteiger partial charge in [0.15, 0.2) is 0 Å². The van der Waals surface area contributed by atoms with Crippen LogP contribution in [0.15, 0.2) is 0 Å². The third kappa shape index (κ3) is 25.1. The molecule has 0 atom stereocenters. The van der Waals surface area contributed by atoms with Crippen molar-refractivity contribution in [3.8, 4) is 0 Å². The minimum atomic E-state index is -0.0543. The summed E-state index contributed by atoms with van der Waals surface area (Å²) in [5.41, 5.74) is -0.00525. The summed E-state index contributed by atoms with van der Waals surface area (Å²) in [6.07, 6.45) is 0. The molecule has 0 rings (SSSR count). The maximum absolute atomic E-state index is 5.50. The highest BCUT2D eigenvalue weighted by Crippen LogP contribution is 2.09. The molecule has 0 aromatic rings. The van der Waals surface area contributed by atoms with E-state index in [2.05, 4.69) is 20.8 Å². The highest BCUT2D eigenvalue weighted by atomic mass is 28.2. The Labute approximate surface area is 117 Å². The molecule has 0 N–H and O–H groups in total. The zero-order chi connectivity index (χ0) is 15.0. The zero-order valence-electron chi connectivity index (χ0n) is 14.1. The van der Waals surface area contributed by atoms with E-state index in [0.29, 0.717) is 13.2 Å². The van der Waals surface area contributed by atoms with Crippen molar-refractivity contribution in [1.29, 1.82) is 0 Å². The first-order valence-electron chi connectivity index (χ1n) is 6.60. The van der Waals surface area contributed by atoms with Gasteiger partial charge in [-0.15, -0.1) is 0 Å². The Hall–Kier alpha value is 0.0969. The van der Waals surface area contributed by atoms with Crippen molar-refractivity contribution in [1.82, 2.24) is 0 Å². The van der Waals surface area contributed by atoms with E-state index >= 15 is 0 Å². The molecule has 112 valence electrons. The van der Waals surface area contributed by atoms with E-state index < -0.39 is 0 Å². The van der Waals surface area contributed by atoms with E-state index in [1.54, 1.807) is 0 Å². The molecule has 4 heteroatoms. The van der Waals surface area contributed by atoms with Crippen LogP contribution in [0.1, 0.15) is 62.3 Å². The van der Waals surface area contributed by atoms with Crippen LogP contribution >= 0.6 is 0 Å². The van der Waals surface area contributed by atoms with Crippen LogP contribution in [0.25, 0.3) is 0 Å². The molecule has 0 heterocycles. The molecule has 0 unspecified atom stereocenters. The first kappa shape index (κ1) is 20.4. The number of ether oxygens (including phenoxy) is 2. The van der Waals surface area contributed by atoms with Crippen LogP contribution in [-0.2, 0) is 13.9 Å². The van der Waals surface area contributed by atoms with Crippen LogP contribution in [0.2, 0.25) is 0 Å². The Bertz CT molecular complexity index is 181. The Balaban J connectivity index is 0. The van der Waals surface area contributed by atoms with Crippen molar-refractivity contribution in [3.63, 3.8) is 0 Å². The quantitative estimate of drug-likeness (QED) is 0.587. The summed E-state index contributed by atoms with van der Waals surface area (Å²) in [5, 5.41) is 0. The second-order valence-electron chi connectivity index (χ2n) is 7.24. The highest BCUT2D eigenvalue weighted by Gasteiger charge is 2.12. The SMILES string of the molecule is CC(C)(C)OCCOC(C)(C)C.CC(C)(C)O[SiH3]. The summed E-state index contributed by atoms with van der Waals surface area (Å²) < 4.78 is 16.1. The molecule has 0 fully saturated rings. The van der Waals surface area contributed by atoms with Crippen molar-refractivity contribution in [2.45, 2.75) is 79.1 Å². The van der Waals surface area contributed by atoms with Gasteiger partial charge in [-0.3, -0.25) is 0 Å². The molecule has 3 nitrogen and oxygen atoms in total. The van der Waals surface area contributed by atoms with E-state index in [-0.39, 0.29) is 16.8 Å². The van der Waals surface area contributed by atoms with Crippen molar-refractivity contribution in [3.05, 3.63) is 0 Å². The third-order valence-electron chi connectivity index (χ3n) is 1.77. The molecule has 0 aliphatic heterocycles. The van der Waals surface area contributed by atoms with Gasteiger partial charge in [-0.05, 0) is 62.3 Å². The number of rotatable bonds is 3. The average Bonchev–Trinajstić information content (AvgIpc) is 2.09. The second-order valence-corrected chi connectivity index (χ2v) is 7.65. The lowest BCUT2D eigenvalue weighted by molar-refractivity contribution is -0.0719. The molecule has 0 spiro atoms. The summed E-state index contributed by atoms with van der Waals surface area (Å²) >= 11 is 0. The van der Waals surface area contributed by atoms with Crippen molar-refractivity contribution >= 4 is 10.5 Å². The van der Waals surface area contributed by atoms with Crippen LogP contribution in [-0.4, -0.2) is 40.5 Å². The topological polar surface area (TPSA) is 27.7 Å². The standard InChI is InChI=1S/C10H22O2.C4H12OSi/c1-9(2,3)11-7-8-12-10(4,5)6;1-4(2,3)5-6/h7-8H2,1-6H3;1-3,6H3. The first-order valence-corrected chi connectivity index (χ1v) is 7.41. The van der Waals surface area contributed by atoms with Crippen molar-refractivity contribution in [2.24, 2.45) is 0 Å². The highest BCUT2D eigenvalue weighted by molar-refractivity contribution is 5.98. The monoisotopic (exact) mass is 278 g/mol. The van der Waals surface area contributed by atoms with Gasteiger partial charge >= 0.3 is 0 Å². The molecule has 18 heavy (non-hydrogen) atoms. The van der Waals surface area contributed by atoms with Crippen molar-refractivity contribution < 1.29 is 13.9 Å². The maximum Gasteiger partial charge on any atom is 0.146 e. The van der Waals surface area contributed by atoms with Crippen LogP contribution < -0.4 is 0 Å². The van der Waals surface area contributed by atoms with Gasteiger partial charge in [-0.1, -0.05) is 0 Å². The molecule has 0 saturated heterocycles. The fourth-order valence-corrected chi connectivity index (χ4v) is 0.696. The normalized spacial score (nSPS) is 13.2. The molecule has 0 radical (unpaired) electrons. The number of hydrogen-bond donors (Lipinski definition) is 0. The maximum atomic E-state index is 5.50. The third-order valence-corrected chi connectivity index (χ3v) is 2.99. The van der Waals surface area contributed by atoms with Gasteiger partial charge in [0, 0.05) is 5.60 Å². The predicted octanol–water partition coefficient (Wildman–Crippen LogP) is 2.70. The summed E-state index contributed by atoms with van der Waals surface area (Å²) in [5.74, 6) is 0. The van der Waals surface area contributed by atoms with Crippen LogP contribution in [0.4, 0.5) is 0 Å². The fraction of sp³-hybridized carbons (Fsp3) is 1.00. The average molecular weight is 279 g/mol. The Morgan fingerprint density at radius 1 is 0.611 bits per heavy atom. The lowest BCUT2D eigenvalue weighted by Crippen LogP contribution is -2.26. The van der Waals surface area contributed by atoms with Crippen LogP contribution in [0.3, 0.4) is 0 Å². The van der Waals surface area contributed by atoms with Gasteiger partial charge in [0.25, 0.3) is 0 Å². The van der Waals surface area contributed by atoms with Gasteiger partial charge in [-0.25, -0.2) is 0 Å². The Kier molecular flexibility index (Phi) is 9.42. The molecule has 0 aromatic heterocycles. The van der Waals surface area contributed by atoms with Crippen LogP contribution in [0.5, 0.6) is 0 Å². The first-order chi connectivity index (χ1) is 7.77. The summed E-state index contributed by atoms with van der Waals surface area (Å²) in [7, 11) is 0.848. The Morgan fingerprint density at radius 3 is 0.944 bits per heavy atom. The number of hydrogen-bond acceptors (Lipinski definition) is 3. The molecule has 0 saturated carbocycles. The lowest BCUT2D eigenvalue weighted by Gasteiger charge is -2.23. The van der Waals surface area contributed by atoms with Gasteiger partial charge in [0.2, 0.25) is 0 Å². The minimum absolute atomic E-state index is 0.0543. The van der Waals surface area contributed by atoms with E-state index in [9.17, 15) is 0 Å². The van der Waals surface area contributed by atoms with Crippen molar-refractivity contribution in [2.75, 3.05) is 13.2 Å². The summed E-state index contributed by atoms with van der Waals surface area (Å²) in [6, 6.07) is 0. The molecule has 0 aromatic carbocycles. The van der Waals surface area contributed by atoms with E-state index in [0.717, 1.165) is 10.5 Å². The van der Waals surface area contributed by atoms with Gasteiger partial charge in [0.1, 0.15) is 10.5 Å². The lowest BCUT2D eigenvalue weighted by atomic mass is 10.2.